The molecule has 0 saturated carbocycles. The maximum atomic E-state index is 5.89. The molecule has 0 aliphatic rings. The van der Waals surface area contributed by atoms with Crippen LogP contribution in [-0.2, 0) is 6.42 Å². The molecule has 2 rings (SSSR count). The summed E-state index contributed by atoms with van der Waals surface area (Å²) < 4.78 is 6.19. The fourth-order valence-corrected chi connectivity index (χ4v) is 2.14. The first-order valence-electron chi connectivity index (χ1n) is 6.11. The van der Waals surface area contributed by atoms with Crippen molar-refractivity contribution in [2.45, 2.75) is 26.7 Å². The lowest BCUT2D eigenvalue weighted by Gasteiger charge is -2.07. The molecule has 1 atom stereocenters. The molecule has 1 aromatic heterocycles. The van der Waals surface area contributed by atoms with E-state index in [1.165, 1.54) is 0 Å². The number of nitrogens with two attached hydrogens (primary N) is 1. The average molecular weight is 309 g/mol. The van der Waals surface area contributed by atoms with E-state index in [2.05, 4.69) is 34.9 Å². The second-order valence-electron chi connectivity index (χ2n) is 4.59. The van der Waals surface area contributed by atoms with Crippen molar-refractivity contribution in [2.75, 3.05) is 5.73 Å². The van der Waals surface area contributed by atoms with Gasteiger partial charge in [-0.3, -0.25) is 0 Å². The monoisotopic (exact) mass is 308 g/mol. The number of anilines is 1. The number of rotatable bonds is 4. The number of hydrogen-bond acceptors (Lipinski definition) is 3. The molecule has 0 amide bonds. The summed E-state index contributed by atoms with van der Waals surface area (Å²) in [6.07, 6.45) is 2.01. The molecule has 2 aromatic rings. The highest BCUT2D eigenvalue weighted by Gasteiger charge is 2.17. The first-order chi connectivity index (χ1) is 8.61. The van der Waals surface area contributed by atoms with Gasteiger partial charge >= 0.3 is 0 Å². The molecule has 0 spiro atoms. The molecule has 1 unspecified atom stereocenters. The maximum absolute atomic E-state index is 5.89. The number of nitrogens with zero attached hydrogens (tertiary/aromatic N) is 1. The van der Waals surface area contributed by atoms with Crippen LogP contribution in [0, 0.1) is 5.92 Å². The Kier molecular flexibility index (Phi) is 4.07. The first kappa shape index (κ1) is 13.1. The number of aromatic nitrogens is 1. The van der Waals surface area contributed by atoms with Crippen molar-refractivity contribution < 1.29 is 4.52 Å². The topological polar surface area (TPSA) is 52.0 Å². The van der Waals surface area contributed by atoms with Crippen LogP contribution in [-0.4, -0.2) is 5.16 Å². The summed E-state index contributed by atoms with van der Waals surface area (Å²) in [6, 6.07) is 8.03. The van der Waals surface area contributed by atoms with E-state index in [1.54, 1.807) is 0 Å². The minimum Gasteiger partial charge on any atom is -0.367 e. The zero-order valence-electron chi connectivity index (χ0n) is 10.6. The van der Waals surface area contributed by atoms with Gasteiger partial charge in [0.25, 0.3) is 0 Å². The van der Waals surface area contributed by atoms with Crippen LogP contribution in [0.4, 0.5) is 5.88 Å². The van der Waals surface area contributed by atoms with Crippen LogP contribution in [0.2, 0.25) is 0 Å². The van der Waals surface area contributed by atoms with Crippen molar-refractivity contribution in [1.82, 2.24) is 5.16 Å². The fourth-order valence-electron chi connectivity index (χ4n) is 1.88. The molecule has 0 fully saturated rings. The molecule has 3 nitrogen and oxygen atoms in total. The summed E-state index contributed by atoms with van der Waals surface area (Å²) in [7, 11) is 0. The predicted molar refractivity (Wildman–Crippen MR) is 77.2 cm³/mol. The molecule has 18 heavy (non-hydrogen) atoms. The third kappa shape index (κ3) is 2.75. The number of halogens is 1. The molecular weight excluding hydrogens is 292 g/mol. The largest absolute Gasteiger partial charge is 0.367 e. The van der Waals surface area contributed by atoms with Crippen LogP contribution < -0.4 is 5.73 Å². The molecule has 2 N–H and O–H groups in total. The van der Waals surface area contributed by atoms with Crippen LogP contribution in [0.5, 0.6) is 0 Å². The van der Waals surface area contributed by atoms with Crippen LogP contribution in [0.25, 0.3) is 11.1 Å². The van der Waals surface area contributed by atoms with E-state index < -0.39 is 0 Å². The molecule has 0 aliphatic heterocycles. The van der Waals surface area contributed by atoms with Gasteiger partial charge in [-0.1, -0.05) is 53.5 Å². The molecule has 0 saturated heterocycles. The molecule has 0 radical (unpaired) electrons. The number of hydrogen-bond donors (Lipinski definition) is 1. The molecule has 96 valence electrons. The van der Waals surface area contributed by atoms with E-state index >= 15 is 0 Å². The minimum atomic E-state index is 0.399. The van der Waals surface area contributed by atoms with E-state index in [0.717, 1.165) is 34.1 Å². The van der Waals surface area contributed by atoms with Crippen LogP contribution in [0.15, 0.2) is 33.3 Å². The lowest BCUT2D eigenvalue weighted by Crippen LogP contribution is -2.00. The quantitative estimate of drug-likeness (QED) is 0.917. The molecule has 1 aromatic carbocycles. The van der Waals surface area contributed by atoms with Gasteiger partial charge in [0.15, 0.2) is 0 Å². The highest BCUT2D eigenvalue weighted by Crippen LogP contribution is 2.32. The smallest absolute Gasteiger partial charge is 0.230 e. The van der Waals surface area contributed by atoms with E-state index in [-0.39, 0.29) is 0 Å². The number of benzene rings is 1. The summed E-state index contributed by atoms with van der Waals surface area (Å²) in [5, 5.41) is 4.09. The van der Waals surface area contributed by atoms with Crippen molar-refractivity contribution in [2.24, 2.45) is 5.92 Å². The van der Waals surface area contributed by atoms with Crippen molar-refractivity contribution >= 4 is 21.8 Å². The third-order valence-corrected chi connectivity index (χ3v) is 3.69. The van der Waals surface area contributed by atoms with E-state index in [1.807, 2.05) is 24.3 Å². The second-order valence-corrected chi connectivity index (χ2v) is 5.51. The third-order valence-electron chi connectivity index (χ3n) is 3.16. The summed E-state index contributed by atoms with van der Waals surface area (Å²) in [5.74, 6) is 0.972. The first-order valence-corrected chi connectivity index (χ1v) is 6.91. The minimum absolute atomic E-state index is 0.399. The zero-order valence-corrected chi connectivity index (χ0v) is 12.2. The molecule has 1 heterocycles. The SMILES string of the molecule is CCC(C)Cc1noc(N)c1-c1ccc(Br)cc1. The summed E-state index contributed by atoms with van der Waals surface area (Å²) in [6.45, 7) is 4.38. The van der Waals surface area contributed by atoms with Gasteiger partial charge in [-0.05, 0) is 30.0 Å². The average Bonchev–Trinajstić information content (AvgIpc) is 2.72. The Morgan fingerprint density at radius 3 is 2.61 bits per heavy atom. The lowest BCUT2D eigenvalue weighted by molar-refractivity contribution is 0.418. The van der Waals surface area contributed by atoms with Gasteiger partial charge in [-0.25, -0.2) is 0 Å². The molecule has 0 bridgehead atoms. The van der Waals surface area contributed by atoms with Gasteiger partial charge in [0.2, 0.25) is 5.88 Å². The normalized spacial score (nSPS) is 12.6. The summed E-state index contributed by atoms with van der Waals surface area (Å²) >= 11 is 3.43. The van der Waals surface area contributed by atoms with Crippen LogP contribution in [0.1, 0.15) is 26.0 Å². The zero-order chi connectivity index (χ0) is 13.1. The number of nitrogen functional groups attached to an aromatic ring is 1. The Morgan fingerprint density at radius 1 is 1.33 bits per heavy atom. The van der Waals surface area contributed by atoms with Crippen LogP contribution in [0.3, 0.4) is 0 Å². The highest BCUT2D eigenvalue weighted by molar-refractivity contribution is 9.10. The Balaban J connectivity index is 2.37. The Bertz CT molecular complexity index is 519. The Morgan fingerprint density at radius 2 is 2.00 bits per heavy atom. The highest BCUT2D eigenvalue weighted by atomic mass is 79.9. The van der Waals surface area contributed by atoms with E-state index in [4.69, 9.17) is 10.3 Å². The van der Waals surface area contributed by atoms with Crippen molar-refractivity contribution in [1.29, 1.82) is 0 Å². The Labute approximate surface area is 115 Å². The van der Waals surface area contributed by atoms with Gasteiger partial charge in [0.1, 0.15) is 0 Å². The van der Waals surface area contributed by atoms with Gasteiger partial charge in [0.05, 0.1) is 11.3 Å². The van der Waals surface area contributed by atoms with Crippen LogP contribution >= 0.6 is 15.9 Å². The van der Waals surface area contributed by atoms with Gasteiger partial charge in [0, 0.05) is 4.47 Å². The van der Waals surface area contributed by atoms with Gasteiger partial charge in [-0.15, -0.1) is 0 Å². The standard InChI is InChI=1S/C14H17BrN2O/c1-3-9(2)8-12-13(14(16)18-17-12)10-4-6-11(15)7-5-10/h4-7,9H,3,8,16H2,1-2H3. The van der Waals surface area contributed by atoms with Crippen molar-refractivity contribution in [3.05, 3.63) is 34.4 Å². The van der Waals surface area contributed by atoms with Gasteiger partial charge < -0.3 is 10.3 Å². The summed E-state index contributed by atoms with van der Waals surface area (Å²) in [5.41, 5.74) is 8.82. The molecule has 0 aliphatic carbocycles. The lowest BCUT2D eigenvalue weighted by atomic mass is 9.97. The predicted octanol–water partition coefficient (Wildman–Crippen LogP) is 4.27. The van der Waals surface area contributed by atoms with Crippen molar-refractivity contribution in [3.63, 3.8) is 0 Å². The molecule has 4 heteroatoms. The Hall–Kier alpha value is -1.29. The van der Waals surface area contributed by atoms with Gasteiger partial charge in [-0.2, -0.15) is 0 Å². The van der Waals surface area contributed by atoms with E-state index in [0.29, 0.717) is 11.8 Å². The summed E-state index contributed by atoms with van der Waals surface area (Å²) in [4.78, 5) is 0. The second kappa shape index (κ2) is 5.57. The van der Waals surface area contributed by atoms with Crippen molar-refractivity contribution in [3.8, 4) is 11.1 Å². The maximum Gasteiger partial charge on any atom is 0.230 e. The molecular formula is C14H17BrN2O. The van der Waals surface area contributed by atoms with E-state index in [9.17, 15) is 0 Å². The fraction of sp³-hybridized carbons (Fsp3) is 0.357.